The molecule has 0 aliphatic heterocycles. The zero-order chi connectivity index (χ0) is 27.1. The summed E-state index contributed by atoms with van der Waals surface area (Å²) in [6.07, 6.45) is 0.778. The van der Waals surface area contributed by atoms with Crippen LogP contribution in [0.1, 0.15) is 0 Å². The van der Waals surface area contributed by atoms with E-state index in [1.807, 2.05) is 24.3 Å². The van der Waals surface area contributed by atoms with Crippen LogP contribution < -0.4 is 20.1 Å². The average Bonchev–Trinajstić information content (AvgIpc) is 2.91. The lowest BCUT2D eigenvalue weighted by atomic mass is 10.1. The topological polar surface area (TPSA) is 176 Å². The number of amides is 1. The maximum Gasteiger partial charge on any atom is 0.414 e. The summed E-state index contributed by atoms with van der Waals surface area (Å²) in [6, 6.07) is 15.0. The molecule has 1 amide bonds. The molecule has 0 bridgehead atoms. The lowest BCUT2D eigenvalue weighted by Gasteiger charge is -2.13. The van der Waals surface area contributed by atoms with Crippen LogP contribution in [0.5, 0.6) is 5.88 Å². The molecule has 0 aliphatic carbocycles. The van der Waals surface area contributed by atoms with Crippen LogP contribution in [0, 0.1) is 0 Å². The number of carbonyl (C=O) groups is 1. The van der Waals surface area contributed by atoms with Gasteiger partial charge in [-0.3, -0.25) is 0 Å². The van der Waals surface area contributed by atoms with Gasteiger partial charge in [-0.1, -0.05) is 34.1 Å². The van der Waals surface area contributed by atoms with Crippen LogP contribution in [-0.4, -0.2) is 66.0 Å². The summed E-state index contributed by atoms with van der Waals surface area (Å²) in [7, 11) is -3.73. The molecule has 0 spiro atoms. The van der Waals surface area contributed by atoms with E-state index in [-0.39, 0.29) is 48.7 Å². The van der Waals surface area contributed by atoms with E-state index in [4.69, 9.17) is 14.9 Å². The zero-order valence-corrected chi connectivity index (χ0v) is 22.2. The molecule has 5 N–H and O–H groups in total. The van der Waals surface area contributed by atoms with Gasteiger partial charge in [0.05, 0.1) is 18.1 Å². The van der Waals surface area contributed by atoms with E-state index in [0.29, 0.717) is 16.6 Å². The van der Waals surface area contributed by atoms with E-state index in [0.717, 1.165) is 10.0 Å². The first-order valence-electron chi connectivity index (χ1n) is 11.3. The van der Waals surface area contributed by atoms with Crippen molar-refractivity contribution >= 4 is 54.7 Å². The van der Waals surface area contributed by atoms with Gasteiger partial charge in [-0.2, -0.15) is 9.97 Å². The van der Waals surface area contributed by atoms with Crippen molar-refractivity contribution in [2.24, 2.45) is 0 Å². The molecule has 0 atom stereocenters. The highest BCUT2D eigenvalue weighted by Crippen LogP contribution is 2.36. The van der Waals surface area contributed by atoms with Gasteiger partial charge in [0, 0.05) is 46.0 Å². The molecule has 0 saturated carbocycles. The minimum absolute atomic E-state index is 0.00873. The fourth-order valence-electron chi connectivity index (χ4n) is 3.35. The number of anilines is 2. The van der Waals surface area contributed by atoms with Crippen LogP contribution in [0.4, 0.5) is 16.4 Å². The molecule has 198 valence electrons. The van der Waals surface area contributed by atoms with Gasteiger partial charge in [0.1, 0.15) is 0 Å². The highest BCUT2D eigenvalue weighted by atomic mass is 79.9. The van der Waals surface area contributed by atoms with E-state index in [1.54, 1.807) is 24.4 Å². The summed E-state index contributed by atoms with van der Waals surface area (Å²) >= 11 is 3.51. The Balaban J connectivity index is 1.64. The number of nitrogens with one attached hydrogen (secondary N) is 3. The molecule has 4 rings (SSSR count). The molecule has 0 aliphatic rings. The quantitative estimate of drug-likeness (QED) is 0.181. The Hall–Kier alpha value is -3.69. The monoisotopic (exact) mass is 602 g/mol. The Kier molecular flexibility index (Phi) is 8.81. The second kappa shape index (κ2) is 12.2. The van der Waals surface area contributed by atoms with Gasteiger partial charge in [-0.25, -0.2) is 22.9 Å². The fourth-order valence-corrected chi connectivity index (χ4v) is 4.87. The van der Waals surface area contributed by atoms with Crippen LogP contribution in [0.3, 0.4) is 0 Å². The predicted molar refractivity (Wildman–Crippen MR) is 144 cm³/mol. The van der Waals surface area contributed by atoms with Gasteiger partial charge < -0.3 is 25.6 Å². The van der Waals surface area contributed by atoms with Crippen molar-refractivity contribution < 1.29 is 28.2 Å². The maximum atomic E-state index is 12.2. The number of hydrogen-bond donors (Lipinski definition) is 5. The van der Waals surface area contributed by atoms with Crippen molar-refractivity contribution in [1.29, 1.82) is 0 Å². The van der Waals surface area contributed by atoms with E-state index in [9.17, 15) is 13.2 Å². The minimum Gasteiger partial charge on any atom is -0.395 e. The summed E-state index contributed by atoms with van der Waals surface area (Å²) in [5.74, 6) is 0.192. The maximum absolute atomic E-state index is 12.2. The molecule has 12 nitrogen and oxygen atoms in total. The molecule has 38 heavy (non-hydrogen) atoms. The van der Waals surface area contributed by atoms with Gasteiger partial charge in [-0.15, -0.1) is 0 Å². The SMILES string of the molecule is O=C(NCCO)Oc1nc2nc(Nc3ccc(S(=O)(=O)NCCO)cc3)ncc2cc1-c1ccccc1Br. The second-order valence-electron chi connectivity index (χ2n) is 7.74. The normalized spacial score (nSPS) is 11.3. The van der Waals surface area contributed by atoms with Crippen molar-refractivity contribution in [1.82, 2.24) is 25.0 Å². The third-order valence-corrected chi connectivity index (χ3v) is 7.26. The first kappa shape index (κ1) is 27.3. The highest BCUT2D eigenvalue weighted by molar-refractivity contribution is 9.10. The number of pyridine rings is 1. The Morgan fingerprint density at radius 3 is 2.42 bits per heavy atom. The zero-order valence-electron chi connectivity index (χ0n) is 19.8. The molecule has 2 heterocycles. The van der Waals surface area contributed by atoms with Crippen molar-refractivity contribution in [2.75, 3.05) is 31.6 Å². The number of aromatic nitrogens is 3. The van der Waals surface area contributed by atoms with Crippen LogP contribution >= 0.6 is 15.9 Å². The molecule has 4 aromatic rings. The average molecular weight is 603 g/mol. The summed E-state index contributed by atoms with van der Waals surface area (Å²) in [4.78, 5) is 25.5. The molecule has 0 saturated heterocycles. The number of ether oxygens (including phenoxy) is 1. The van der Waals surface area contributed by atoms with Gasteiger partial charge >= 0.3 is 6.09 Å². The fraction of sp³-hybridized carbons (Fsp3) is 0.167. The first-order chi connectivity index (χ1) is 18.3. The molecule has 2 aromatic heterocycles. The summed E-state index contributed by atoms with van der Waals surface area (Å²) in [6.45, 7) is -0.620. The molecular weight excluding hydrogens is 580 g/mol. The summed E-state index contributed by atoms with van der Waals surface area (Å²) in [5, 5.41) is 23.8. The summed E-state index contributed by atoms with van der Waals surface area (Å²) in [5.41, 5.74) is 2.03. The number of hydrogen-bond acceptors (Lipinski definition) is 10. The van der Waals surface area contributed by atoms with Crippen molar-refractivity contribution in [2.45, 2.75) is 4.90 Å². The second-order valence-corrected chi connectivity index (χ2v) is 10.4. The number of aliphatic hydroxyl groups excluding tert-OH is 2. The predicted octanol–water partition coefficient (Wildman–Crippen LogP) is 2.55. The van der Waals surface area contributed by atoms with Gasteiger partial charge in [0.2, 0.25) is 21.9 Å². The van der Waals surface area contributed by atoms with Crippen molar-refractivity contribution in [3.8, 4) is 17.0 Å². The molecule has 14 heteroatoms. The number of nitrogens with zero attached hydrogens (tertiary/aromatic N) is 3. The first-order valence-corrected chi connectivity index (χ1v) is 13.5. The lowest BCUT2D eigenvalue weighted by Crippen LogP contribution is -2.29. The minimum atomic E-state index is -3.73. The Morgan fingerprint density at radius 2 is 1.71 bits per heavy atom. The number of aliphatic hydroxyl groups is 2. The smallest absolute Gasteiger partial charge is 0.395 e. The number of carbonyl (C=O) groups excluding carboxylic acids is 1. The molecule has 0 fully saturated rings. The number of benzene rings is 2. The molecule has 0 radical (unpaired) electrons. The standard InChI is InChI=1S/C24H23BrN6O6S/c25-20-4-2-1-3-18(20)19-13-15-14-27-23(31-21(15)30-22(19)37-24(34)26-9-11-32)29-16-5-7-17(8-6-16)38(35,36)28-10-12-33/h1-8,13-14,28,32-33H,9-12H2,(H,26,34)(H,27,29,30,31). The van der Waals surface area contributed by atoms with Crippen LogP contribution in [-0.2, 0) is 10.0 Å². The number of halogens is 1. The third kappa shape index (κ3) is 6.59. The van der Waals surface area contributed by atoms with Gasteiger partial charge in [0.15, 0.2) is 5.65 Å². The van der Waals surface area contributed by atoms with Gasteiger partial charge in [0.25, 0.3) is 0 Å². The number of sulfonamides is 1. The largest absolute Gasteiger partial charge is 0.414 e. The number of fused-ring (bicyclic) bond motifs is 1. The van der Waals surface area contributed by atoms with Crippen molar-refractivity contribution in [3.05, 3.63) is 65.3 Å². The molecule has 0 unspecified atom stereocenters. The summed E-state index contributed by atoms with van der Waals surface area (Å²) < 4.78 is 32.9. The van der Waals surface area contributed by atoms with E-state index in [2.05, 4.69) is 46.2 Å². The van der Waals surface area contributed by atoms with E-state index >= 15 is 0 Å². The van der Waals surface area contributed by atoms with Crippen LogP contribution in [0.2, 0.25) is 0 Å². The molecule has 2 aromatic carbocycles. The van der Waals surface area contributed by atoms with E-state index in [1.165, 1.54) is 12.1 Å². The van der Waals surface area contributed by atoms with Crippen LogP contribution in [0.25, 0.3) is 22.2 Å². The lowest BCUT2D eigenvalue weighted by molar-refractivity contribution is 0.194. The third-order valence-electron chi connectivity index (χ3n) is 5.09. The highest BCUT2D eigenvalue weighted by Gasteiger charge is 2.18. The van der Waals surface area contributed by atoms with E-state index < -0.39 is 16.1 Å². The van der Waals surface area contributed by atoms with Gasteiger partial charge in [-0.05, 0) is 36.4 Å². The molecular formula is C24H23BrN6O6S. The Labute approximate surface area is 226 Å². The van der Waals surface area contributed by atoms with Crippen molar-refractivity contribution in [3.63, 3.8) is 0 Å². The Bertz CT molecular complexity index is 1550. The van der Waals surface area contributed by atoms with Crippen LogP contribution in [0.15, 0.2) is 70.2 Å². The Morgan fingerprint density at radius 1 is 0.974 bits per heavy atom. The number of rotatable bonds is 10.